The van der Waals surface area contributed by atoms with E-state index in [0.717, 1.165) is 11.3 Å². The van der Waals surface area contributed by atoms with Gasteiger partial charge in [0, 0.05) is 4.88 Å². The summed E-state index contributed by atoms with van der Waals surface area (Å²) in [6, 6.07) is 1.75. The van der Waals surface area contributed by atoms with Gasteiger partial charge in [0.2, 0.25) is 0 Å². The number of anilines is 1. The lowest BCUT2D eigenvalue weighted by atomic mass is 10.2. The zero-order valence-electron chi connectivity index (χ0n) is 8.08. The van der Waals surface area contributed by atoms with Crippen molar-refractivity contribution in [2.45, 2.75) is 13.3 Å². The number of esters is 1. The second-order valence-corrected chi connectivity index (χ2v) is 3.92. The van der Waals surface area contributed by atoms with E-state index in [2.05, 4.69) is 0 Å². The Bertz CT molecular complexity index is 323. The molecule has 5 heteroatoms. The lowest BCUT2D eigenvalue weighted by Gasteiger charge is -1.98. The van der Waals surface area contributed by atoms with E-state index in [9.17, 15) is 4.79 Å². The van der Waals surface area contributed by atoms with Crippen molar-refractivity contribution in [2.24, 2.45) is 5.73 Å². The average molecular weight is 214 g/mol. The molecule has 0 saturated carbocycles. The molecular formula is C9H14N2O2S. The highest BCUT2D eigenvalue weighted by Crippen LogP contribution is 2.25. The van der Waals surface area contributed by atoms with E-state index in [1.807, 2.05) is 0 Å². The molecule has 0 bridgehead atoms. The van der Waals surface area contributed by atoms with Gasteiger partial charge in [-0.1, -0.05) is 0 Å². The molecule has 78 valence electrons. The molecule has 1 rings (SSSR count). The van der Waals surface area contributed by atoms with Crippen molar-refractivity contribution in [3.63, 3.8) is 0 Å². The van der Waals surface area contributed by atoms with Gasteiger partial charge in [0.05, 0.1) is 12.2 Å². The van der Waals surface area contributed by atoms with Crippen molar-refractivity contribution in [1.29, 1.82) is 0 Å². The highest BCUT2D eigenvalue weighted by atomic mass is 32.1. The Kier molecular flexibility index (Phi) is 3.91. The molecule has 0 aliphatic heterocycles. The van der Waals surface area contributed by atoms with Crippen LogP contribution in [0.1, 0.15) is 22.2 Å². The van der Waals surface area contributed by atoms with Crippen LogP contribution in [0, 0.1) is 0 Å². The molecule has 0 fully saturated rings. The molecule has 4 N–H and O–H groups in total. The summed E-state index contributed by atoms with van der Waals surface area (Å²) in [6.45, 7) is 2.68. The third-order valence-electron chi connectivity index (χ3n) is 1.70. The molecule has 0 radical (unpaired) electrons. The largest absolute Gasteiger partial charge is 0.462 e. The molecule has 1 aromatic heterocycles. The van der Waals surface area contributed by atoms with Crippen LogP contribution in [0.4, 0.5) is 5.00 Å². The number of hydrogen-bond donors (Lipinski definition) is 2. The van der Waals surface area contributed by atoms with Crippen molar-refractivity contribution in [3.05, 3.63) is 16.5 Å². The zero-order valence-corrected chi connectivity index (χ0v) is 8.89. The fourth-order valence-corrected chi connectivity index (χ4v) is 2.02. The zero-order chi connectivity index (χ0) is 10.6. The number of hydrogen-bond acceptors (Lipinski definition) is 5. The highest BCUT2D eigenvalue weighted by molar-refractivity contribution is 7.16. The van der Waals surface area contributed by atoms with Gasteiger partial charge in [-0.2, -0.15) is 0 Å². The molecular weight excluding hydrogens is 200 g/mol. The van der Waals surface area contributed by atoms with E-state index < -0.39 is 0 Å². The van der Waals surface area contributed by atoms with Crippen molar-refractivity contribution in [3.8, 4) is 0 Å². The second kappa shape index (κ2) is 4.97. The van der Waals surface area contributed by atoms with E-state index in [1.54, 1.807) is 13.0 Å². The number of ether oxygens (including phenoxy) is 1. The van der Waals surface area contributed by atoms with Crippen molar-refractivity contribution in [2.75, 3.05) is 18.9 Å². The van der Waals surface area contributed by atoms with Gasteiger partial charge in [-0.25, -0.2) is 4.79 Å². The maximum atomic E-state index is 11.4. The third kappa shape index (κ3) is 2.46. The molecule has 0 saturated heterocycles. The maximum Gasteiger partial charge on any atom is 0.341 e. The van der Waals surface area contributed by atoms with E-state index in [-0.39, 0.29) is 5.97 Å². The summed E-state index contributed by atoms with van der Waals surface area (Å²) >= 11 is 1.39. The molecule has 1 heterocycles. The van der Waals surface area contributed by atoms with Gasteiger partial charge in [-0.3, -0.25) is 0 Å². The van der Waals surface area contributed by atoms with Gasteiger partial charge in [-0.15, -0.1) is 11.3 Å². The topological polar surface area (TPSA) is 78.3 Å². The van der Waals surface area contributed by atoms with E-state index in [0.29, 0.717) is 23.7 Å². The van der Waals surface area contributed by atoms with Gasteiger partial charge in [0.1, 0.15) is 5.00 Å². The van der Waals surface area contributed by atoms with Gasteiger partial charge in [0.15, 0.2) is 0 Å². The second-order valence-electron chi connectivity index (χ2n) is 2.75. The summed E-state index contributed by atoms with van der Waals surface area (Å²) in [4.78, 5) is 12.4. The Hall–Kier alpha value is -1.07. The number of rotatable bonds is 4. The first-order valence-corrected chi connectivity index (χ1v) is 5.26. The van der Waals surface area contributed by atoms with Crippen molar-refractivity contribution < 1.29 is 9.53 Å². The molecule has 4 nitrogen and oxygen atoms in total. The summed E-state index contributed by atoms with van der Waals surface area (Å²) in [5.74, 6) is -0.357. The van der Waals surface area contributed by atoms with E-state index >= 15 is 0 Å². The molecule has 0 spiro atoms. The van der Waals surface area contributed by atoms with Crippen LogP contribution < -0.4 is 11.5 Å². The van der Waals surface area contributed by atoms with Crippen LogP contribution in [0.25, 0.3) is 0 Å². The summed E-state index contributed by atoms with van der Waals surface area (Å²) in [5, 5.41) is 0.506. The van der Waals surface area contributed by atoms with Crippen LogP contribution in [-0.4, -0.2) is 19.1 Å². The van der Waals surface area contributed by atoms with Crippen LogP contribution in [0.3, 0.4) is 0 Å². The Morgan fingerprint density at radius 3 is 2.93 bits per heavy atom. The summed E-state index contributed by atoms with van der Waals surface area (Å²) in [7, 11) is 0. The van der Waals surface area contributed by atoms with Gasteiger partial charge >= 0.3 is 5.97 Å². The lowest BCUT2D eigenvalue weighted by Crippen LogP contribution is -2.05. The highest BCUT2D eigenvalue weighted by Gasteiger charge is 2.14. The number of nitrogen functional groups attached to an aromatic ring is 1. The Morgan fingerprint density at radius 2 is 2.36 bits per heavy atom. The fraction of sp³-hybridized carbons (Fsp3) is 0.444. The summed E-state index contributed by atoms with van der Waals surface area (Å²) in [5.41, 5.74) is 11.5. The minimum Gasteiger partial charge on any atom is -0.462 e. The first-order chi connectivity index (χ1) is 6.69. The number of carbonyl (C=O) groups excluding carboxylic acids is 1. The Balaban J connectivity index is 2.81. The lowest BCUT2D eigenvalue weighted by molar-refractivity contribution is 0.0528. The maximum absolute atomic E-state index is 11.4. The molecule has 0 atom stereocenters. The first kappa shape index (κ1) is 11.0. The van der Waals surface area contributed by atoms with E-state index in [1.165, 1.54) is 11.3 Å². The molecule has 1 aromatic rings. The van der Waals surface area contributed by atoms with Crippen molar-refractivity contribution >= 4 is 22.3 Å². The predicted molar refractivity (Wildman–Crippen MR) is 57.4 cm³/mol. The van der Waals surface area contributed by atoms with Crippen LogP contribution >= 0.6 is 11.3 Å². The molecule has 0 aliphatic carbocycles. The smallest absolute Gasteiger partial charge is 0.341 e. The predicted octanol–water partition coefficient (Wildman–Crippen LogP) is 1.01. The summed E-state index contributed by atoms with van der Waals surface area (Å²) in [6.07, 6.45) is 0.744. The monoisotopic (exact) mass is 214 g/mol. The molecule has 0 aromatic carbocycles. The van der Waals surface area contributed by atoms with Crippen LogP contribution in [0.2, 0.25) is 0 Å². The molecule has 0 aliphatic rings. The third-order valence-corrected chi connectivity index (χ3v) is 2.72. The van der Waals surface area contributed by atoms with Crippen molar-refractivity contribution in [1.82, 2.24) is 0 Å². The number of nitrogens with two attached hydrogens (primary N) is 2. The fourth-order valence-electron chi connectivity index (χ4n) is 1.09. The normalized spacial score (nSPS) is 10.1. The molecule has 0 amide bonds. The number of carbonyl (C=O) groups is 1. The quantitative estimate of drug-likeness (QED) is 0.733. The van der Waals surface area contributed by atoms with Gasteiger partial charge < -0.3 is 16.2 Å². The number of thiophene rings is 1. The standard InChI is InChI=1S/C9H14N2O2S/c1-2-13-9(12)7-5-6(3-4-10)14-8(7)11/h5H,2-4,10-11H2,1H3. The van der Waals surface area contributed by atoms with Gasteiger partial charge in [0.25, 0.3) is 0 Å². The molecule has 14 heavy (non-hydrogen) atoms. The SMILES string of the molecule is CCOC(=O)c1cc(CCN)sc1N. The van der Waals surface area contributed by atoms with Crippen LogP contribution in [-0.2, 0) is 11.2 Å². The molecule has 0 unspecified atom stereocenters. The Morgan fingerprint density at radius 1 is 1.64 bits per heavy atom. The van der Waals surface area contributed by atoms with E-state index in [4.69, 9.17) is 16.2 Å². The first-order valence-electron chi connectivity index (χ1n) is 4.44. The van der Waals surface area contributed by atoms with Crippen LogP contribution in [0.5, 0.6) is 0 Å². The summed E-state index contributed by atoms with van der Waals surface area (Å²) < 4.78 is 4.86. The van der Waals surface area contributed by atoms with Crippen LogP contribution in [0.15, 0.2) is 6.07 Å². The average Bonchev–Trinajstić information content (AvgIpc) is 2.48. The van der Waals surface area contributed by atoms with Gasteiger partial charge in [-0.05, 0) is 26.0 Å². The Labute approximate surface area is 86.9 Å². The minimum atomic E-state index is -0.357. The minimum absolute atomic E-state index is 0.357.